The van der Waals surface area contributed by atoms with Crippen LogP contribution in [0.2, 0.25) is 5.02 Å². The summed E-state index contributed by atoms with van der Waals surface area (Å²) in [5.41, 5.74) is -0.343. The average Bonchev–Trinajstić information content (AvgIpc) is 2.31. The summed E-state index contributed by atoms with van der Waals surface area (Å²) in [6.45, 7) is 1.59. The SMILES string of the molecule is CCOC(=O)C(=O)Nc1c(Cl)cccc1C(=O)O. The zero-order chi connectivity index (χ0) is 13.7. The molecule has 1 aromatic rings. The number of benzene rings is 1. The van der Waals surface area contributed by atoms with Gasteiger partial charge < -0.3 is 15.2 Å². The van der Waals surface area contributed by atoms with E-state index in [1.807, 2.05) is 0 Å². The second kappa shape index (κ2) is 6.02. The van der Waals surface area contributed by atoms with E-state index in [1.54, 1.807) is 6.92 Å². The Balaban J connectivity index is 3.00. The van der Waals surface area contributed by atoms with E-state index in [4.69, 9.17) is 16.7 Å². The molecule has 0 radical (unpaired) electrons. The number of carboxylic acid groups (broad SMARTS) is 1. The van der Waals surface area contributed by atoms with E-state index in [2.05, 4.69) is 10.1 Å². The van der Waals surface area contributed by atoms with Gasteiger partial charge in [-0.1, -0.05) is 17.7 Å². The molecule has 0 spiro atoms. The monoisotopic (exact) mass is 271 g/mol. The highest BCUT2D eigenvalue weighted by Crippen LogP contribution is 2.25. The summed E-state index contributed by atoms with van der Waals surface area (Å²) >= 11 is 5.77. The second-order valence-corrected chi connectivity index (χ2v) is 3.55. The summed E-state index contributed by atoms with van der Waals surface area (Å²) in [6, 6.07) is 4.08. The van der Waals surface area contributed by atoms with E-state index in [0.29, 0.717) is 0 Å². The van der Waals surface area contributed by atoms with Crippen molar-refractivity contribution in [3.8, 4) is 0 Å². The zero-order valence-electron chi connectivity index (χ0n) is 9.40. The van der Waals surface area contributed by atoms with Gasteiger partial charge in [-0.3, -0.25) is 4.79 Å². The topological polar surface area (TPSA) is 92.7 Å². The van der Waals surface area contributed by atoms with E-state index < -0.39 is 17.8 Å². The molecule has 18 heavy (non-hydrogen) atoms. The molecular formula is C11H10ClNO5. The summed E-state index contributed by atoms with van der Waals surface area (Å²) in [7, 11) is 0. The van der Waals surface area contributed by atoms with Gasteiger partial charge in [0, 0.05) is 0 Å². The fourth-order valence-electron chi connectivity index (χ4n) is 1.19. The van der Waals surface area contributed by atoms with E-state index in [9.17, 15) is 14.4 Å². The highest BCUT2D eigenvalue weighted by molar-refractivity contribution is 6.40. The molecule has 0 fully saturated rings. The van der Waals surface area contributed by atoms with Gasteiger partial charge in [-0.05, 0) is 19.1 Å². The minimum Gasteiger partial charge on any atom is -0.478 e. The molecule has 0 heterocycles. The quantitative estimate of drug-likeness (QED) is 0.642. The fraction of sp³-hybridized carbons (Fsp3) is 0.182. The summed E-state index contributed by atoms with van der Waals surface area (Å²) in [4.78, 5) is 33.4. The van der Waals surface area contributed by atoms with Gasteiger partial charge in [-0.15, -0.1) is 0 Å². The maximum absolute atomic E-state index is 11.4. The minimum absolute atomic E-state index is 0.0209. The lowest BCUT2D eigenvalue weighted by molar-refractivity contribution is -0.152. The van der Waals surface area contributed by atoms with Crippen molar-refractivity contribution < 1.29 is 24.2 Å². The van der Waals surface area contributed by atoms with E-state index in [1.165, 1.54) is 18.2 Å². The van der Waals surface area contributed by atoms with Crippen molar-refractivity contribution >= 4 is 35.1 Å². The first-order chi connectivity index (χ1) is 8.47. The van der Waals surface area contributed by atoms with E-state index in [0.717, 1.165) is 0 Å². The maximum Gasteiger partial charge on any atom is 0.397 e. The number of halogens is 1. The van der Waals surface area contributed by atoms with Crippen LogP contribution in [0.15, 0.2) is 18.2 Å². The molecule has 0 unspecified atom stereocenters. The smallest absolute Gasteiger partial charge is 0.397 e. The van der Waals surface area contributed by atoms with Gasteiger partial charge in [-0.2, -0.15) is 0 Å². The molecule has 0 saturated heterocycles. The van der Waals surface area contributed by atoms with Gasteiger partial charge >= 0.3 is 17.8 Å². The van der Waals surface area contributed by atoms with E-state index >= 15 is 0 Å². The zero-order valence-corrected chi connectivity index (χ0v) is 10.2. The number of rotatable bonds is 3. The van der Waals surface area contributed by atoms with Crippen molar-refractivity contribution in [2.24, 2.45) is 0 Å². The number of carbonyl (C=O) groups excluding carboxylic acids is 2. The first-order valence-electron chi connectivity index (χ1n) is 4.97. The lowest BCUT2D eigenvalue weighted by Gasteiger charge is -2.09. The number of carbonyl (C=O) groups is 3. The Morgan fingerprint density at radius 1 is 1.39 bits per heavy atom. The Morgan fingerprint density at radius 2 is 2.06 bits per heavy atom. The molecule has 6 nitrogen and oxygen atoms in total. The Bertz CT molecular complexity index is 500. The minimum atomic E-state index is -1.27. The number of hydrogen-bond donors (Lipinski definition) is 2. The van der Waals surface area contributed by atoms with Crippen molar-refractivity contribution in [2.45, 2.75) is 6.92 Å². The van der Waals surface area contributed by atoms with Gasteiger partial charge in [0.15, 0.2) is 0 Å². The molecule has 0 atom stereocenters. The third-order valence-corrected chi connectivity index (χ3v) is 2.26. The lowest BCUT2D eigenvalue weighted by atomic mass is 10.2. The Morgan fingerprint density at radius 3 is 2.61 bits per heavy atom. The number of anilines is 1. The first kappa shape index (κ1) is 14.0. The molecule has 0 aliphatic carbocycles. The highest BCUT2D eigenvalue weighted by Gasteiger charge is 2.20. The number of hydrogen-bond acceptors (Lipinski definition) is 4. The first-order valence-corrected chi connectivity index (χ1v) is 5.35. The van der Waals surface area contributed by atoms with Crippen LogP contribution in [-0.4, -0.2) is 29.6 Å². The van der Waals surface area contributed by atoms with Gasteiger partial charge in [0.05, 0.1) is 22.9 Å². The normalized spacial score (nSPS) is 9.67. The summed E-state index contributed by atoms with van der Waals surface area (Å²) < 4.78 is 4.47. The molecule has 0 aliphatic heterocycles. The lowest BCUT2D eigenvalue weighted by Crippen LogP contribution is -2.26. The van der Waals surface area contributed by atoms with Crippen molar-refractivity contribution in [1.29, 1.82) is 0 Å². The van der Waals surface area contributed by atoms with Crippen LogP contribution in [0.1, 0.15) is 17.3 Å². The Labute approximate surface area is 108 Å². The molecule has 2 N–H and O–H groups in total. The molecule has 96 valence electrons. The van der Waals surface area contributed by atoms with Crippen molar-refractivity contribution in [3.63, 3.8) is 0 Å². The third kappa shape index (κ3) is 3.21. The van der Waals surface area contributed by atoms with Crippen LogP contribution in [0.5, 0.6) is 0 Å². The van der Waals surface area contributed by atoms with Crippen molar-refractivity contribution in [3.05, 3.63) is 28.8 Å². The number of para-hydroxylation sites is 1. The van der Waals surface area contributed by atoms with Crippen LogP contribution < -0.4 is 5.32 Å². The summed E-state index contributed by atoms with van der Waals surface area (Å²) in [5, 5.41) is 11.1. The number of carboxylic acids is 1. The van der Waals surface area contributed by atoms with Crippen molar-refractivity contribution in [1.82, 2.24) is 0 Å². The van der Waals surface area contributed by atoms with Crippen LogP contribution in [0.4, 0.5) is 5.69 Å². The van der Waals surface area contributed by atoms with Gasteiger partial charge in [0.1, 0.15) is 0 Å². The Hall–Kier alpha value is -2.08. The van der Waals surface area contributed by atoms with Crippen LogP contribution in [0, 0.1) is 0 Å². The number of esters is 1. The second-order valence-electron chi connectivity index (χ2n) is 3.14. The molecule has 7 heteroatoms. The van der Waals surface area contributed by atoms with Crippen LogP contribution in [0.3, 0.4) is 0 Å². The fourth-order valence-corrected chi connectivity index (χ4v) is 1.41. The molecule has 0 bridgehead atoms. The maximum atomic E-state index is 11.4. The third-order valence-electron chi connectivity index (χ3n) is 1.94. The molecular weight excluding hydrogens is 262 g/mol. The van der Waals surface area contributed by atoms with Gasteiger partial charge in [0.2, 0.25) is 0 Å². The Kier molecular flexibility index (Phi) is 4.67. The standard InChI is InChI=1S/C11H10ClNO5/c1-2-18-11(17)9(14)13-8-6(10(15)16)4-3-5-7(8)12/h3-5H,2H2,1H3,(H,13,14)(H,15,16). The average molecular weight is 272 g/mol. The van der Waals surface area contributed by atoms with Crippen LogP contribution >= 0.6 is 11.6 Å². The van der Waals surface area contributed by atoms with Crippen molar-refractivity contribution in [2.75, 3.05) is 11.9 Å². The molecule has 0 aliphatic rings. The van der Waals surface area contributed by atoms with Gasteiger partial charge in [0.25, 0.3) is 0 Å². The van der Waals surface area contributed by atoms with E-state index in [-0.39, 0.29) is 22.9 Å². The number of aromatic carboxylic acids is 1. The van der Waals surface area contributed by atoms with Crippen LogP contribution in [-0.2, 0) is 14.3 Å². The summed E-state index contributed by atoms with van der Waals surface area (Å²) in [6.07, 6.45) is 0. The molecule has 1 aromatic carbocycles. The highest BCUT2D eigenvalue weighted by atomic mass is 35.5. The van der Waals surface area contributed by atoms with Crippen LogP contribution in [0.25, 0.3) is 0 Å². The van der Waals surface area contributed by atoms with Gasteiger partial charge in [-0.25, -0.2) is 9.59 Å². The summed E-state index contributed by atoms with van der Waals surface area (Å²) in [5.74, 6) is -3.45. The molecule has 0 aromatic heterocycles. The predicted molar refractivity (Wildman–Crippen MR) is 63.7 cm³/mol. The molecule has 0 saturated carbocycles. The largest absolute Gasteiger partial charge is 0.478 e. The number of nitrogens with one attached hydrogen (secondary N) is 1. The number of ether oxygens (including phenoxy) is 1. The predicted octanol–water partition coefficient (Wildman–Crippen LogP) is 1.54. The molecule has 1 rings (SSSR count). The molecule has 1 amide bonds. The number of amides is 1.